The third-order valence-electron chi connectivity index (χ3n) is 4.15. The van der Waals surface area contributed by atoms with Crippen LogP contribution in [0.5, 0.6) is 0 Å². The maximum Gasteiger partial charge on any atom is 0.0950 e. The first-order valence-corrected chi connectivity index (χ1v) is 7.08. The van der Waals surface area contributed by atoms with Crippen LogP contribution < -0.4 is 0 Å². The summed E-state index contributed by atoms with van der Waals surface area (Å²) in [7, 11) is 0. The van der Waals surface area contributed by atoms with Gasteiger partial charge in [-0.2, -0.15) is 0 Å². The zero-order chi connectivity index (χ0) is 13.8. The van der Waals surface area contributed by atoms with Crippen LogP contribution in [0.3, 0.4) is 0 Å². The summed E-state index contributed by atoms with van der Waals surface area (Å²) in [6.07, 6.45) is 2.14. The molecule has 98 valence electrons. The van der Waals surface area contributed by atoms with E-state index in [4.69, 9.17) is 4.98 Å². The minimum Gasteiger partial charge on any atom is -0.314 e. The van der Waals surface area contributed by atoms with Gasteiger partial charge < -0.3 is 4.40 Å². The standard InChI is InChI=1S/C19H12N2/c1-3-7-16-13(5-1)11-15-9-10-21-17-8-4-2-6-14(17)12-18(21)19(15)20-16/h1-12H. The van der Waals surface area contributed by atoms with Gasteiger partial charge in [0.15, 0.2) is 0 Å². The summed E-state index contributed by atoms with van der Waals surface area (Å²) in [4.78, 5) is 4.88. The molecule has 21 heavy (non-hydrogen) atoms. The van der Waals surface area contributed by atoms with E-state index in [-0.39, 0.29) is 0 Å². The molecule has 0 bridgehead atoms. The van der Waals surface area contributed by atoms with E-state index in [1.807, 2.05) is 6.07 Å². The quantitative estimate of drug-likeness (QED) is 0.369. The summed E-state index contributed by atoms with van der Waals surface area (Å²) in [5.41, 5.74) is 4.50. The van der Waals surface area contributed by atoms with Crippen LogP contribution in [0.15, 0.2) is 72.9 Å². The number of benzene rings is 2. The Morgan fingerprint density at radius 1 is 0.667 bits per heavy atom. The van der Waals surface area contributed by atoms with Crippen molar-refractivity contribution < 1.29 is 0 Å². The second kappa shape index (κ2) is 3.83. The van der Waals surface area contributed by atoms with E-state index in [0.29, 0.717) is 0 Å². The smallest absolute Gasteiger partial charge is 0.0950 e. The molecule has 2 aromatic carbocycles. The predicted molar refractivity (Wildman–Crippen MR) is 87.7 cm³/mol. The fraction of sp³-hybridized carbons (Fsp3) is 0. The maximum absolute atomic E-state index is 4.88. The van der Waals surface area contributed by atoms with Crippen LogP contribution in [-0.4, -0.2) is 9.38 Å². The van der Waals surface area contributed by atoms with Crippen molar-refractivity contribution in [3.8, 4) is 0 Å². The Balaban J connectivity index is 2.05. The van der Waals surface area contributed by atoms with E-state index in [2.05, 4.69) is 71.3 Å². The van der Waals surface area contributed by atoms with Crippen molar-refractivity contribution >= 4 is 38.2 Å². The molecule has 3 heterocycles. The van der Waals surface area contributed by atoms with Crippen LogP contribution in [0.4, 0.5) is 0 Å². The van der Waals surface area contributed by atoms with Crippen molar-refractivity contribution in [1.82, 2.24) is 9.38 Å². The Morgan fingerprint density at radius 2 is 1.48 bits per heavy atom. The minimum atomic E-state index is 1.04. The summed E-state index contributed by atoms with van der Waals surface area (Å²) >= 11 is 0. The summed E-state index contributed by atoms with van der Waals surface area (Å²) in [6.45, 7) is 0. The van der Waals surface area contributed by atoms with Gasteiger partial charge in [-0.05, 0) is 30.3 Å². The number of fused-ring (bicyclic) bond motifs is 6. The molecule has 0 saturated heterocycles. The molecule has 5 rings (SSSR count). The monoisotopic (exact) mass is 268 g/mol. The first kappa shape index (κ1) is 10.9. The van der Waals surface area contributed by atoms with Crippen LogP contribution in [0.25, 0.3) is 38.2 Å². The fourth-order valence-electron chi connectivity index (χ4n) is 3.14. The Morgan fingerprint density at radius 3 is 2.43 bits per heavy atom. The van der Waals surface area contributed by atoms with Gasteiger partial charge in [0.05, 0.1) is 22.1 Å². The molecular formula is C19H12N2. The van der Waals surface area contributed by atoms with Crippen molar-refractivity contribution in [2.24, 2.45) is 0 Å². The van der Waals surface area contributed by atoms with E-state index in [1.165, 1.54) is 27.2 Å². The molecule has 0 saturated carbocycles. The van der Waals surface area contributed by atoms with Crippen LogP contribution in [0.1, 0.15) is 0 Å². The number of hydrogen-bond donors (Lipinski definition) is 0. The van der Waals surface area contributed by atoms with Crippen molar-refractivity contribution in [3.63, 3.8) is 0 Å². The molecule has 0 radical (unpaired) electrons. The second-order valence-electron chi connectivity index (χ2n) is 5.39. The molecule has 0 aliphatic rings. The molecule has 0 fully saturated rings. The highest BCUT2D eigenvalue weighted by atomic mass is 14.9. The van der Waals surface area contributed by atoms with E-state index < -0.39 is 0 Å². The van der Waals surface area contributed by atoms with Gasteiger partial charge >= 0.3 is 0 Å². The van der Waals surface area contributed by atoms with Gasteiger partial charge in [0.2, 0.25) is 0 Å². The Labute approximate surface area is 121 Å². The predicted octanol–water partition coefficient (Wildman–Crippen LogP) is 4.79. The van der Waals surface area contributed by atoms with Crippen LogP contribution >= 0.6 is 0 Å². The van der Waals surface area contributed by atoms with Crippen molar-refractivity contribution in [3.05, 3.63) is 72.9 Å². The Kier molecular flexibility index (Phi) is 1.98. The highest BCUT2D eigenvalue weighted by molar-refractivity contribution is 6.03. The number of rotatable bonds is 0. The van der Waals surface area contributed by atoms with Crippen molar-refractivity contribution in [2.75, 3.05) is 0 Å². The SMILES string of the molecule is c1ccc2nc3c(ccn4c5ccccc5cc34)cc2c1. The van der Waals surface area contributed by atoms with Gasteiger partial charge in [0.25, 0.3) is 0 Å². The van der Waals surface area contributed by atoms with Gasteiger partial charge in [-0.1, -0.05) is 36.4 Å². The molecule has 3 aromatic heterocycles. The van der Waals surface area contributed by atoms with Crippen molar-refractivity contribution in [2.45, 2.75) is 0 Å². The van der Waals surface area contributed by atoms with Crippen LogP contribution in [-0.2, 0) is 0 Å². The topological polar surface area (TPSA) is 17.3 Å². The highest BCUT2D eigenvalue weighted by Crippen LogP contribution is 2.27. The average molecular weight is 268 g/mol. The highest BCUT2D eigenvalue weighted by Gasteiger charge is 2.07. The lowest BCUT2D eigenvalue weighted by Gasteiger charge is -2.04. The average Bonchev–Trinajstić information content (AvgIpc) is 2.92. The zero-order valence-corrected chi connectivity index (χ0v) is 11.3. The third kappa shape index (κ3) is 1.44. The lowest BCUT2D eigenvalue weighted by atomic mass is 10.1. The molecular weight excluding hydrogens is 256 g/mol. The van der Waals surface area contributed by atoms with Gasteiger partial charge in [0.1, 0.15) is 0 Å². The molecule has 0 amide bonds. The summed E-state index contributed by atoms with van der Waals surface area (Å²) in [5.74, 6) is 0. The van der Waals surface area contributed by atoms with Crippen LogP contribution in [0, 0.1) is 0 Å². The van der Waals surface area contributed by atoms with E-state index in [1.54, 1.807) is 0 Å². The molecule has 0 aliphatic carbocycles. The summed E-state index contributed by atoms with van der Waals surface area (Å²) in [6, 6.07) is 23.3. The first-order chi connectivity index (χ1) is 10.4. The van der Waals surface area contributed by atoms with Gasteiger partial charge in [0, 0.05) is 22.4 Å². The fourth-order valence-corrected chi connectivity index (χ4v) is 3.14. The minimum absolute atomic E-state index is 1.04. The molecule has 2 nitrogen and oxygen atoms in total. The summed E-state index contributed by atoms with van der Waals surface area (Å²) < 4.78 is 2.22. The number of nitrogens with zero attached hydrogens (tertiary/aromatic N) is 2. The molecule has 2 heteroatoms. The van der Waals surface area contributed by atoms with E-state index >= 15 is 0 Å². The normalized spacial score (nSPS) is 11.8. The van der Waals surface area contributed by atoms with Crippen molar-refractivity contribution in [1.29, 1.82) is 0 Å². The molecule has 0 spiro atoms. The lowest BCUT2D eigenvalue weighted by Crippen LogP contribution is -1.88. The summed E-state index contributed by atoms with van der Waals surface area (Å²) in [5, 5.41) is 3.62. The largest absolute Gasteiger partial charge is 0.314 e. The van der Waals surface area contributed by atoms with Gasteiger partial charge in [-0.25, -0.2) is 4.98 Å². The molecule has 0 aliphatic heterocycles. The Bertz CT molecular complexity index is 1140. The molecule has 0 unspecified atom stereocenters. The zero-order valence-electron chi connectivity index (χ0n) is 11.3. The number of pyridine rings is 2. The van der Waals surface area contributed by atoms with Crippen LogP contribution in [0.2, 0.25) is 0 Å². The number of hydrogen-bond acceptors (Lipinski definition) is 1. The van der Waals surface area contributed by atoms with Gasteiger partial charge in [-0.15, -0.1) is 0 Å². The molecule has 0 atom stereocenters. The molecule has 5 aromatic rings. The van der Waals surface area contributed by atoms with Gasteiger partial charge in [-0.3, -0.25) is 0 Å². The maximum atomic E-state index is 4.88. The van der Waals surface area contributed by atoms with E-state index in [0.717, 1.165) is 11.0 Å². The van der Waals surface area contributed by atoms with E-state index in [9.17, 15) is 0 Å². The molecule has 0 N–H and O–H groups in total. The third-order valence-corrected chi connectivity index (χ3v) is 4.15. The number of para-hydroxylation sites is 2. The Hall–Kier alpha value is -2.87. The second-order valence-corrected chi connectivity index (χ2v) is 5.39. The first-order valence-electron chi connectivity index (χ1n) is 7.08. The lowest BCUT2D eigenvalue weighted by molar-refractivity contribution is 1.26. The number of aromatic nitrogens is 2.